The molecule has 0 N–H and O–H groups in total. The van der Waals surface area contributed by atoms with Crippen molar-refractivity contribution in [1.82, 2.24) is 9.80 Å². The lowest BCUT2D eigenvalue weighted by atomic mass is 10.1. The van der Waals surface area contributed by atoms with Gasteiger partial charge >= 0.3 is 12.1 Å². The van der Waals surface area contributed by atoms with Gasteiger partial charge < -0.3 is 19.0 Å². The normalized spacial score (nSPS) is 14.6. The molecule has 2 aromatic rings. The molecule has 1 aliphatic rings. The maximum Gasteiger partial charge on any atom is 0.417 e. The van der Waals surface area contributed by atoms with Crippen molar-refractivity contribution in [2.75, 3.05) is 32.8 Å². The molecule has 29 heavy (non-hydrogen) atoms. The van der Waals surface area contributed by atoms with Gasteiger partial charge in [0.2, 0.25) is 0 Å². The van der Waals surface area contributed by atoms with Crippen molar-refractivity contribution >= 4 is 17.8 Å². The molecule has 2 amide bonds. The number of benzene rings is 1. The average molecular weight is 410 g/mol. The topological polar surface area (TPSA) is 80.1 Å². The Morgan fingerprint density at radius 1 is 0.966 bits per heavy atom. The van der Waals surface area contributed by atoms with Crippen LogP contribution in [0.5, 0.6) is 0 Å². The highest BCUT2D eigenvalue weighted by Crippen LogP contribution is 2.32. The van der Waals surface area contributed by atoms with E-state index >= 15 is 0 Å². The molecule has 154 valence electrons. The number of amides is 2. The number of carbonyl (C=O) groups excluding carboxylic acids is 3. The SMILES string of the molecule is O=C(OCC(=O)N1CCN(C(=O)c2ccco2)CC1)c1ccccc1C(F)(F)F. The van der Waals surface area contributed by atoms with Crippen molar-refractivity contribution in [3.63, 3.8) is 0 Å². The highest BCUT2D eigenvalue weighted by molar-refractivity contribution is 5.93. The van der Waals surface area contributed by atoms with E-state index in [2.05, 4.69) is 0 Å². The van der Waals surface area contributed by atoms with Gasteiger partial charge in [0.1, 0.15) is 0 Å². The van der Waals surface area contributed by atoms with Gasteiger partial charge in [0.15, 0.2) is 12.4 Å². The van der Waals surface area contributed by atoms with E-state index in [1.54, 1.807) is 6.07 Å². The number of piperazine rings is 1. The molecule has 0 atom stereocenters. The van der Waals surface area contributed by atoms with Gasteiger partial charge in [-0.3, -0.25) is 9.59 Å². The first-order chi connectivity index (χ1) is 13.8. The lowest BCUT2D eigenvalue weighted by molar-refractivity contribution is -0.138. The number of furan rings is 1. The Balaban J connectivity index is 1.52. The van der Waals surface area contributed by atoms with Gasteiger partial charge in [0, 0.05) is 26.2 Å². The summed E-state index contributed by atoms with van der Waals surface area (Å²) in [7, 11) is 0. The van der Waals surface area contributed by atoms with Crippen LogP contribution >= 0.6 is 0 Å². The van der Waals surface area contributed by atoms with Crippen molar-refractivity contribution in [2.24, 2.45) is 0 Å². The highest BCUT2D eigenvalue weighted by Gasteiger charge is 2.35. The van der Waals surface area contributed by atoms with Crippen LogP contribution in [-0.4, -0.2) is 60.4 Å². The highest BCUT2D eigenvalue weighted by atomic mass is 19.4. The zero-order chi connectivity index (χ0) is 21.0. The van der Waals surface area contributed by atoms with Crippen LogP contribution in [0, 0.1) is 0 Å². The number of hydrogen-bond donors (Lipinski definition) is 0. The second kappa shape index (κ2) is 8.38. The number of alkyl halides is 3. The van der Waals surface area contributed by atoms with Crippen LogP contribution in [-0.2, 0) is 15.7 Å². The van der Waals surface area contributed by atoms with Crippen LogP contribution in [0.4, 0.5) is 13.2 Å². The standard InChI is InChI=1S/C19H17F3N2O5/c20-19(21,22)14-5-2-1-4-13(14)18(27)29-12-16(25)23-7-9-24(10-8-23)17(26)15-6-3-11-28-15/h1-6,11H,7-10,12H2. The predicted molar refractivity (Wildman–Crippen MR) is 92.9 cm³/mol. The fourth-order valence-corrected chi connectivity index (χ4v) is 2.92. The van der Waals surface area contributed by atoms with E-state index in [9.17, 15) is 27.6 Å². The Labute approximate surface area is 163 Å². The molecule has 3 rings (SSSR count). The van der Waals surface area contributed by atoms with E-state index in [1.165, 1.54) is 28.2 Å². The van der Waals surface area contributed by atoms with Gasteiger partial charge in [-0.25, -0.2) is 4.79 Å². The van der Waals surface area contributed by atoms with Crippen LogP contribution in [0.3, 0.4) is 0 Å². The molecule has 0 unspecified atom stereocenters. The van der Waals surface area contributed by atoms with Gasteiger partial charge in [-0.15, -0.1) is 0 Å². The number of hydrogen-bond acceptors (Lipinski definition) is 5. The van der Waals surface area contributed by atoms with Crippen molar-refractivity contribution < 1.29 is 36.7 Å². The quantitative estimate of drug-likeness (QED) is 0.724. The first-order valence-corrected chi connectivity index (χ1v) is 8.71. The number of esters is 1. The van der Waals surface area contributed by atoms with Crippen molar-refractivity contribution in [3.8, 4) is 0 Å². The third kappa shape index (κ3) is 4.76. The van der Waals surface area contributed by atoms with Crippen molar-refractivity contribution in [3.05, 3.63) is 59.5 Å². The molecule has 7 nitrogen and oxygen atoms in total. The van der Waals surface area contributed by atoms with E-state index in [1.807, 2.05) is 0 Å². The van der Waals surface area contributed by atoms with Crippen LogP contribution in [0.25, 0.3) is 0 Å². The fourth-order valence-electron chi connectivity index (χ4n) is 2.92. The largest absolute Gasteiger partial charge is 0.459 e. The molecule has 1 aromatic heterocycles. The lowest BCUT2D eigenvalue weighted by Crippen LogP contribution is -2.51. The third-order valence-corrected chi connectivity index (χ3v) is 4.43. The number of nitrogens with zero attached hydrogens (tertiary/aromatic N) is 2. The zero-order valence-electron chi connectivity index (χ0n) is 15.1. The van der Waals surface area contributed by atoms with Crippen LogP contribution < -0.4 is 0 Å². The number of rotatable bonds is 4. The first kappa shape index (κ1) is 20.4. The summed E-state index contributed by atoms with van der Waals surface area (Å²) in [5, 5.41) is 0. The number of carbonyl (C=O) groups is 3. The molecule has 1 aliphatic heterocycles. The van der Waals surface area contributed by atoms with E-state index in [4.69, 9.17) is 9.15 Å². The molecule has 2 heterocycles. The smallest absolute Gasteiger partial charge is 0.417 e. The molecule has 0 aliphatic carbocycles. The lowest BCUT2D eigenvalue weighted by Gasteiger charge is -2.34. The first-order valence-electron chi connectivity index (χ1n) is 8.71. The summed E-state index contributed by atoms with van der Waals surface area (Å²) >= 11 is 0. The van der Waals surface area contributed by atoms with Gasteiger partial charge in [0.05, 0.1) is 17.4 Å². The average Bonchev–Trinajstić information content (AvgIpc) is 3.25. The summed E-state index contributed by atoms with van der Waals surface area (Å²) in [4.78, 5) is 39.3. The molecule has 1 saturated heterocycles. The second-order valence-electron chi connectivity index (χ2n) is 6.27. The van der Waals surface area contributed by atoms with Gasteiger partial charge in [-0.1, -0.05) is 12.1 Å². The minimum atomic E-state index is -4.71. The Hall–Kier alpha value is -3.30. The molecular weight excluding hydrogens is 393 g/mol. The summed E-state index contributed by atoms with van der Waals surface area (Å²) in [6.45, 7) is 0.257. The summed E-state index contributed by atoms with van der Waals surface area (Å²) in [5.41, 5.74) is -1.77. The number of halogens is 3. The third-order valence-electron chi connectivity index (χ3n) is 4.43. The van der Waals surface area contributed by atoms with Gasteiger partial charge in [-0.05, 0) is 24.3 Å². The van der Waals surface area contributed by atoms with E-state index < -0.39 is 35.8 Å². The summed E-state index contributed by atoms with van der Waals surface area (Å²) < 4.78 is 48.8. The van der Waals surface area contributed by atoms with E-state index in [0.29, 0.717) is 0 Å². The maximum atomic E-state index is 13.0. The van der Waals surface area contributed by atoms with E-state index in [0.717, 1.165) is 18.2 Å². The Morgan fingerprint density at radius 2 is 1.62 bits per heavy atom. The van der Waals surface area contributed by atoms with Crippen LogP contribution in [0.1, 0.15) is 26.5 Å². The minimum Gasteiger partial charge on any atom is -0.459 e. The summed E-state index contributed by atoms with van der Waals surface area (Å²) in [6, 6.07) is 7.34. The van der Waals surface area contributed by atoms with E-state index in [-0.39, 0.29) is 37.8 Å². The molecule has 0 bridgehead atoms. The summed E-state index contributed by atoms with van der Waals surface area (Å²) in [6.07, 6.45) is -3.32. The van der Waals surface area contributed by atoms with Crippen LogP contribution in [0.15, 0.2) is 47.1 Å². The molecule has 1 aromatic carbocycles. The zero-order valence-corrected chi connectivity index (χ0v) is 15.1. The number of ether oxygens (including phenoxy) is 1. The Morgan fingerprint density at radius 3 is 2.24 bits per heavy atom. The second-order valence-corrected chi connectivity index (χ2v) is 6.27. The van der Waals surface area contributed by atoms with Gasteiger partial charge in [-0.2, -0.15) is 13.2 Å². The fraction of sp³-hybridized carbons (Fsp3) is 0.316. The molecule has 10 heteroatoms. The molecular formula is C19H17F3N2O5. The van der Waals surface area contributed by atoms with Crippen LogP contribution in [0.2, 0.25) is 0 Å². The Bertz CT molecular complexity index is 887. The Kier molecular flexibility index (Phi) is 5.90. The molecule has 1 fully saturated rings. The molecule has 0 saturated carbocycles. The minimum absolute atomic E-state index is 0.196. The molecule has 0 spiro atoms. The monoisotopic (exact) mass is 410 g/mol. The predicted octanol–water partition coefficient (Wildman–Crippen LogP) is 2.44. The van der Waals surface area contributed by atoms with Crippen molar-refractivity contribution in [2.45, 2.75) is 6.18 Å². The summed E-state index contributed by atoms with van der Waals surface area (Å²) in [5.74, 6) is -1.87. The van der Waals surface area contributed by atoms with Crippen molar-refractivity contribution in [1.29, 1.82) is 0 Å². The maximum absolute atomic E-state index is 13.0. The molecule has 0 radical (unpaired) electrons. The van der Waals surface area contributed by atoms with Gasteiger partial charge in [0.25, 0.3) is 11.8 Å².